The predicted molar refractivity (Wildman–Crippen MR) is 111 cm³/mol. The molecule has 0 aromatic heterocycles. The lowest BCUT2D eigenvalue weighted by Crippen LogP contribution is -2.37. The van der Waals surface area contributed by atoms with E-state index in [0.29, 0.717) is 24.8 Å². The molecule has 0 bridgehead atoms. The van der Waals surface area contributed by atoms with E-state index >= 15 is 0 Å². The zero-order chi connectivity index (χ0) is 19.1. The molecule has 1 fully saturated rings. The molecule has 1 heterocycles. The Morgan fingerprint density at radius 2 is 1.96 bits per heavy atom. The molecule has 0 aliphatic carbocycles. The lowest BCUT2D eigenvalue weighted by Gasteiger charge is -2.30. The van der Waals surface area contributed by atoms with Crippen LogP contribution in [0.1, 0.15) is 11.1 Å². The van der Waals surface area contributed by atoms with Gasteiger partial charge in [-0.15, -0.1) is 0 Å². The second kappa shape index (κ2) is 9.62. The third kappa shape index (κ3) is 5.62. The van der Waals surface area contributed by atoms with E-state index in [1.165, 1.54) is 11.1 Å². The van der Waals surface area contributed by atoms with E-state index in [0.717, 1.165) is 30.9 Å². The van der Waals surface area contributed by atoms with Gasteiger partial charge >= 0.3 is 0 Å². The van der Waals surface area contributed by atoms with Crippen LogP contribution in [0.4, 0.5) is 11.4 Å². The number of nitrogens with one attached hydrogen (secondary N) is 2. The van der Waals surface area contributed by atoms with Gasteiger partial charge in [0.05, 0.1) is 31.1 Å². The number of ether oxygens (including phenoxy) is 1. The van der Waals surface area contributed by atoms with Crippen molar-refractivity contribution in [1.29, 1.82) is 0 Å². The quantitative estimate of drug-likeness (QED) is 0.765. The van der Waals surface area contributed by atoms with Crippen LogP contribution in [0, 0.1) is 6.92 Å². The van der Waals surface area contributed by atoms with Crippen LogP contribution in [-0.4, -0.2) is 45.3 Å². The smallest absolute Gasteiger partial charge is 0.239 e. The van der Waals surface area contributed by atoms with E-state index in [1.54, 1.807) is 0 Å². The average Bonchev–Trinajstić information content (AvgIpc) is 2.68. The maximum Gasteiger partial charge on any atom is 0.239 e. The standard InChI is InChI=1S/C21H26ClN3O2/c1-16-4-2-3-5-17(16)8-9-23-21(26)15-24-19-14-18(22)6-7-20(19)25-10-12-27-13-11-25/h2-7,14,24H,8-13,15H2,1H3,(H,23,26). The van der Waals surface area contributed by atoms with Gasteiger partial charge in [0.25, 0.3) is 0 Å². The number of aryl methyl sites for hydroxylation is 1. The molecule has 6 heteroatoms. The number of amides is 1. The van der Waals surface area contributed by atoms with Gasteiger partial charge in [-0.1, -0.05) is 35.9 Å². The van der Waals surface area contributed by atoms with Crippen molar-refractivity contribution in [2.45, 2.75) is 13.3 Å². The minimum atomic E-state index is -0.0310. The van der Waals surface area contributed by atoms with E-state index in [1.807, 2.05) is 30.3 Å². The molecular formula is C21H26ClN3O2. The van der Waals surface area contributed by atoms with Crippen LogP contribution in [0.2, 0.25) is 5.02 Å². The zero-order valence-corrected chi connectivity index (χ0v) is 16.4. The molecule has 1 aliphatic heterocycles. The van der Waals surface area contributed by atoms with Crippen LogP contribution < -0.4 is 15.5 Å². The number of halogens is 1. The summed E-state index contributed by atoms with van der Waals surface area (Å²) >= 11 is 6.15. The van der Waals surface area contributed by atoms with Crippen LogP contribution in [0.3, 0.4) is 0 Å². The molecular weight excluding hydrogens is 362 g/mol. The number of benzene rings is 2. The first-order valence-electron chi connectivity index (χ1n) is 9.31. The molecule has 0 atom stereocenters. The van der Waals surface area contributed by atoms with Gasteiger partial charge in [-0.05, 0) is 42.7 Å². The van der Waals surface area contributed by atoms with Crippen LogP contribution in [0.5, 0.6) is 0 Å². The van der Waals surface area contributed by atoms with E-state index in [4.69, 9.17) is 16.3 Å². The van der Waals surface area contributed by atoms with Gasteiger partial charge in [0.15, 0.2) is 0 Å². The van der Waals surface area contributed by atoms with Crippen molar-refractivity contribution in [2.24, 2.45) is 0 Å². The highest BCUT2D eigenvalue weighted by molar-refractivity contribution is 6.31. The van der Waals surface area contributed by atoms with Crippen molar-refractivity contribution in [3.8, 4) is 0 Å². The van der Waals surface area contributed by atoms with Crippen molar-refractivity contribution in [3.05, 3.63) is 58.6 Å². The molecule has 3 rings (SSSR count). The molecule has 5 nitrogen and oxygen atoms in total. The lowest BCUT2D eigenvalue weighted by molar-refractivity contribution is -0.119. The Labute approximate surface area is 165 Å². The Bertz CT molecular complexity index is 776. The topological polar surface area (TPSA) is 53.6 Å². The van der Waals surface area contributed by atoms with Crippen molar-refractivity contribution in [3.63, 3.8) is 0 Å². The Kier molecular flexibility index (Phi) is 6.96. The monoisotopic (exact) mass is 387 g/mol. The summed E-state index contributed by atoms with van der Waals surface area (Å²) in [5, 5.41) is 6.85. The van der Waals surface area contributed by atoms with Gasteiger partial charge < -0.3 is 20.3 Å². The summed E-state index contributed by atoms with van der Waals surface area (Å²) in [6.45, 7) is 6.01. The van der Waals surface area contributed by atoms with Crippen molar-refractivity contribution in [2.75, 3.05) is 49.6 Å². The van der Waals surface area contributed by atoms with Gasteiger partial charge in [-0.2, -0.15) is 0 Å². The summed E-state index contributed by atoms with van der Waals surface area (Å²) < 4.78 is 5.42. The fraction of sp³-hybridized carbons (Fsp3) is 0.381. The number of rotatable bonds is 7. The lowest BCUT2D eigenvalue weighted by atomic mass is 10.1. The maximum absolute atomic E-state index is 12.2. The second-order valence-corrected chi connectivity index (χ2v) is 7.08. The van der Waals surface area contributed by atoms with Gasteiger partial charge in [0.1, 0.15) is 0 Å². The maximum atomic E-state index is 12.2. The summed E-state index contributed by atoms with van der Waals surface area (Å²) in [7, 11) is 0. The SMILES string of the molecule is Cc1ccccc1CCNC(=O)CNc1cc(Cl)ccc1N1CCOCC1. The van der Waals surface area contributed by atoms with Gasteiger partial charge in [0, 0.05) is 24.7 Å². The Morgan fingerprint density at radius 3 is 2.74 bits per heavy atom. The molecule has 0 saturated carbocycles. The molecule has 2 aromatic rings. The largest absolute Gasteiger partial charge is 0.378 e. The predicted octanol–water partition coefficient (Wildman–Crippen LogP) is 3.26. The first-order valence-corrected chi connectivity index (χ1v) is 9.68. The molecule has 1 amide bonds. The molecule has 2 N–H and O–H groups in total. The summed E-state index contributed by atoms with van der Waals surface area (Å²) in [6, 6.07) is 14.0. The highest BCUT2D eigenvalue weighted by Crippen LogP contribution is 2.29. The Hall–Kier alpha value is -2.24. The minimum absolute atomic E-state index is 0.0310. The number of hydrogen-bond acceptors (Lipinski definition) is 4. The van der Waals surface area contributed by atoms with Crippen LogP contribution >= 0.6 is 11.6 Å². The average molecular weight is 388 g/mol. The summed E-state index contributed by atoms with van der Waals surface area (Å²) in [4.78, 5) is 14.5. The molecule has 144 valence electrons. The number of carbonyl (C=O) groups excluding carboxylic acids is 1. The number of anilines is 2. The first-order chi connectivity index (χ1) is 13.1. The van der Waals surface area contributed by atoms with Crippen LogP contribution in [0.15, 0.2) is 42.5 Å². The zero-order valence-electron chi connectivity index (χ0n) is 15.6. The molecule has 1 aliphatic rings. The van der Waals surface area contributed by atoms with Crippen LogP contribution in [0.25, 0.3) is 0 Å². The molecule has 0 spiro atoms. The van der Waals surface area contributed by atoms with Crippen molar-refractivity contribution >= 4 is 28.9 Å². The number of hydrogen-bond donors (Lipinski definition) is 2. The number of nitrogens with zero attached hydrogens (tertiary/aromatic N) is 1. The van der Waals surface area contributed by atoms with Gasteiger partial charge in [0.2, 0.25) is 5.91 Å². The highest BCUT2D eigenvalue weighted by Gasteiger charge is 2.15. The minimum Gasteiger partial charge on any atom is -0.378 e. The second-order valence-electron chi connectivity index (χ2n) is 6.64. The summed E-state index contributed by atoms with van der Waals surface area (Å²) in [5.41, 5.74) is 4.43. The number of carbonyl (C=O) groups is 1. The van der Waals surface area contributed by atoms with Crippen molar-refractivity contribution < 1.29 is 9.53 Å². The first kappa shape index (κ1) is 19.5. The third-order valence-electron chi connectivity index (χ3n) is 4.73. The van der Waals surface area contributed by atoms with E-state index in [-0.39, 0.29) is 12.5 Å². The Morgan fingerprint density at radius 1 is 1.19 bits per heavy atom. The highest BCUT2D eigenvalue weighted by atomic mass is 35.5. The van der Waals surface area contributed by atoms with Gasteiger partial charge in [-0.25, -0.2) is 0 Å². The molecule has 0 unspecified atom stereocenters. The van der Waals surface area contributed by atoms with Gasteiger partial charge in [-0.3, -0.25) is 4.79 Å². The summed E-state index contributed by atoms with van der Waals surface area (Å²) in [6.07, 6.45) is 0.828. The molecule has 2 aromatic carbocycles. The molecule has 27 heavy (non-hydrogen) atoms. The Balaban J connectivity index is 1.52. The normalized spacial score (nSPS) is 14.1. The summed E-state index contributed by atoms with van der Waals surface area (Å²) in [5.74, 6) is -0.0310. The number of morpholine rings is 1. The molecule has 0 radical (unpaired) electrons. The van der Waals surface area contributed by atoms with Crippen LogP contribution in [-0.2, 0) is 16.0 Å². The van der Waals surface area contributed by atoms with Crippen molar-refractivity contribution in [1.82, 2.24) is 5.32 Å². The van der Waals surface area contributed by atoms with E-state index < -0.39 is 0 Å². The molecule has 1 saturated heterocycles. The fourth-order valence-electron chi connectivity index (χ4n) is 3.20. The van der Waals surface area contributed by atoms with E-state index in [2.05, 4.69) is 34.6 Å². The third-order valence-corrected chi connectivity index (χ3v) is 4.96. The van der Waals surface area contributed by atoms with E-state index in [9.17, 15) is 4.79 Å². The fourth-order valence-corrected chi connectivity index (χ4v) is 3.37.